The first-order valence-corrected chi connectivity index (χ1v) is 6.15. The SMILES string of the molecule is CC[C@@](N)(C(=O)OC)[C@H](C)/C=C/c1ccccc1. The van der Waals surface area contributed by atoms with Crippen molar-refractivity contribution in [1.29, 1.82) is 0 Å². The fraction of sp³-hybridized carbons (Fsp3) is 0.400. The molecule has 0 saturated carbocycles. The van der Waals surface area contributed by atoms with Crippen molar-refractivity contribution in [2.75, 3.05) is 7.11 Å². The summed E-state index contributed by atoms with van der Waals surface area (Å²) in [4.78, 5) is 11.7. The Kier molecular flexibility index (Phi) is 5.10. The van der Waals surface area contributed by atoms with Crippen molar-refractivity contribution in [3.63, 3.8) is 0 Å². The highest BCUT2D eigenvalue weighted by Gasteiger charge is 2.37. The van der Waals surface area contributed by atoms with Gasteiger partial charge >= 0.3 is 5.97 Å². The van der Waals surface area contributed by atoms with E-state index in [1.807, 2.05) is 56.3 Å². The standard InChI is InChI=1S/C15H21NO2/c1-4-15(16,14(17)18-3)12(2)10-11-13-8-6-5-7-9-13/h5-12H,4,16H2,1-3H3/b11-10+/t12-,15+/m1/s1. The van der Waals surface area contributed by atoms with Gasteiger partial charge in [0.25, 0.3) is 0 Å². The van der Waals surface area contributed by atoms with Crippen molar-refractivity contribution in [2.24, 2.45) is 11.7 Å². The van der Waals surface area contributed by atoms with Crippen LogP contribution in [-0.2, 0) is 9.53 Å². The Morgan fingerprint density at radius 1 is 1.44 bits per heavy atom. The Labute approximate surface area is 109 Å². The predicted molar refractivity (Wildman–Crippen MR) is 73.9 cm³/mol. The van der Waals surface area contributed by atoms with Crippen LogP contribution in [0, 0.1) is 5.92 Å². The van der Waals surface area contributed by atoms with Crippen LogP contribution >= 0.6 is 0 Å². The minimum Gasteiger partial charge on any atom is -0.468 e. The van der Waals surface area contributed by atoms with Crippen molar-refractivity contribution in [2.45, 2.75) is 25.8 Å². The van der Waals surface area contributed by atoms with E-state index in [9.17, 15) is 4.79 Å². The molecule has 1 rings (SSSR count). The summed E-state index contributed by atoms with van der Waals surface area (Å²) < 4.78 is 4.78. The summed E-state index contributed by atoms with van der Waals surface area (Å²) in [5.74, 6) is -0.453. The molecule has 0 aliphatic heterocycles. The van der Waals surface area contributed by atoms with Crippen LogP contribution in [0.5, 0.6) is 0 Å². The monoisotopic (exact) mass is 247 g/mol. The van der Waals surface area contributed by atoms with E-state index in [-0.39, 0.29) is 11.9 Å². The zero-order valence-corrected chi connectivity index (χ0v) is 11.2. The van der Waals surface area contributed by atoms with Gasteiger partial charge in [0, 0.05) is 5.92 Å². The first kappa shape index (κ1) is 14.5. The van der Waals surface area contributed by atoms with Crippen molar-refractivity contribution in [3.05, 3.63) is 42.0 Å². The van der Waals surface area contributed by atoms with E-state index >= 15 is 0 Å². The number of nitrogens with two attached hydrogens (primary N) is 1. The molecular formula is C15H21NO2. The molecule has 0 unspecified atom stereocenters. The van der Waals surface area contributed by atoms with Gasteiger partial charge in [-0.2, -0.15) is 0 Å². The van der Waals surface area contributed by atoms with Gasteiger partial charge in [-0.25, -0.2) is 0 Å². The lowest BCUT2D eigenvalue weighted by atomic mass is 9.83. The third-order valence-corrected chi connectivity index (χ3v) is 3.34. The van der Waals surface area contributed by atoms with Gasteiger partial charge in [0.1, 0.15) is 5.54 Å². The maximum Gasteiger partial charge on any atom is 0.326 e. The highest BCUT2D eigenvalue weighted by Crippen LogP contribution is 2.22. The first-order valence-electron chi connectivity index (χ1n) is 6.15. The van der Waals surface area contributed by atoms with Crippen LogP contribution in [0.2, 0.25) is 0 Å². The Bertz CT molecular complexity index is 414. The van der Waals surface area contributed by atoms with Gasteiger partial charge in [-0.1, -0.05) is 56.3 Å². The summed E-state index contributed by atoms with van der Waals surface area (Å²) in [6.45, 7) is 3.82. The van der Waals surface area contributed by atoms with E-state index in [0.29, 0.717) is 6.42 Å². The molecule has 98 valence electrons. The number of rotatable bonds is 5. The van der Waals surface area contributed by atoms with E-state index < -0.39 is 5.54 Å². The molecule has 0 saturated heterocycles. The number of methoxy groups -OCH3 is 1. The molecule has 0 radical (unpaired) electrons. The van der Waals surface area contributed by atoms with Crippen molar-refractivity contribution < 1.29 is 9.53 Å². The van der Waals surface area contributed by atoms with E-state index in [2.05, 4.69) is 0 Å². The van der Waals surface area contributed by atoms with Crippen LogP contribution in [0.25, 0.3) is 6.08 Å². The van der Waals surface area contributed by atoms with Crippen molar-refractivity contribution in [1.82, 2.24) is 0 Å². The highest BCUT2D eigenvalue weighted by atomic mass is 16.5. The molecule has 2 atom stereocenters. The number of esters is 1. The van der Waals surface area contributed by atoms with Gasteiger partial charge in [0.2, 0.25) is 0 Å². The lowest BCUT2D eigenvalue weighted by Crippen LogP contribution is -2.52. The second-order valence-electron chi connectivity index (χ2n) is 4.44. The summed E-state index contributed by atoms with van der Waals surface area (Å²) in [5.41, 5.74) is 6.27. The molecule has 18 heavy (non-hydrogen) atoms. The molecule has 0 aliphatic carbocycles. The van der Waals surface area contributed by atoms with Crippen LogP contribution in [0.15, 0.2) is 36.4 Å². The summed E-state index contributed by atoms with van der Waals surface area (Å²) in [5, 5.41) is 0. The third-order valence-electron chi connectivity index (χ3n) is 3.34. The Morgan fingerprint density at radius 2 is 2.06 bits per heavy atom. The topological polar surface area (TPSA) is 52.3 Å². The third kappa shape index (κ3) is 3.20. The maximum absolute atomic E-state index is 11.7. The maximum atomic E-state index is 11.7. The predicted octanol–water partition coefficient (Wildman–Crippen LogP) is 2.62. The average Bonchev–Trinajstić information content (AvgIpc) is 2.43. The number of benzene rings is 1. The zero-order chi connectivity index (χ0) is 13.6. The quantitative estimate of drug-likeness (QED) is 0.814. The molecule has 0 aromatic heterocycles. The normalized spacial score (nSPS) is 16.2. The van der Waals surface area contributed by atoms with Crippen LogP contribution < -0.4 is 5.73 Å². The molecular weight excluding hydrogens is 226 g/mol. The average molecular weight is 247 g/mol. The van der Waals surface area contributed by atoms with Crippen LogP contribution in [0.1, 0.15) is 25.8 Å². The molecule has 0 bridgehead atoms. The molecule has 3 nitrogen and oxygen atoms in total. The Hall–Kier alpha value is -1.61. The minimum atomic E-state index is -0.958. The zero-order valence-electron chi connectivity index (χ0n) is 11.2. The summed E-state index contributed by atoms with van der Waals surface area (Å²) in [6, 6.07) is 9.92. The van der Waals surface area contributed by atoms with E-state index in [1.54, 1.807) is 0 Å². The summed E-state index contributed by atoms with van der Waals surface area (Å²) >= 11 is 0. The molecule has 1 aromatic rings. The number of carbonyl (C=O) groups excluding carboxylic acids is 1. The number of hydrogen-bond donors (Lipinski definition) is 1. The fourth-order valence-electron chi connectivity index (χ4n) is 1.83. The lowest BCUT2D eigenvalue weighted by Gasteiger charge is -2.29. The highest BCUT2D eigenvalue weighted by molar-refractivity contribution is 5.81. The second kappa shape index (κ2) is 6.36. The second-order valence-corrected chi connectivity index (χ2v) is 4.44. The van der Waals surface area contributed by atoms with E-state index in [0.717, 1.165) is 5.56 Å². The molecule has 3 heteroatoms. The van der Waals surface area contributed by atoms with Gasteiger partial charge < -0.3 is 10.5 Å². The molecule has 2 N–H and O–H groups in total. The van der Waals surface area contributed by atoms with Crippen LogP contribution in [-0.4, -0.2) is 18.6 Å². The number of carbonyl (C=O) groups is 1. The molecule has 0 heterocycles. The van der Waals surface area contributed by atoms with Gasteiger partial charge in [0.15, 0.2) is 0 Å². The van der Waals surface area contributed by atoms with E-state index in [1.165, 1.54) is 7.11 Å². The van der Waals surface area contributed by atoms with Crippen molar-refractivity contribution in [3.8, 4) is 0 Å². The largest absolute Gasteiger partial charge is 0.468 e. The smallest absolute Gasteiger partial charge is 0.326 e. The van der Waals surface area contributed by atoms with Gasteiger partial charge in [-0.15, -0.1) is 0 Å². The molecule has 0 aliphatic rings. The Balaban J connectivity index is 2.83. The molecule has 0 amide bonds. The van der Waals surface area contributed by atoms with Crippen molar-refractivity contribution >= 4 is 12.0 Å². The van der Waals surface area contributed by atoms with E-state index in [4.69, 9.17) is 10.5 Å². The number of hydrogen-bond acceptors (Lipinski definition) is 3. The molecule has 0 fully saturated rings. The van der Waals surface area contributed by atoms with Gasteiger partial charge in [-0.05, 0) is 12.0 Å². The fourth-order valence-corrected chi connectivity index (χ4v) is 1.83. The van der Waals surface area contributed by atoms with Crippen LogP contribution in [0.4, 0.5) is 0 Å². The van der Waals surface area contributed by atoms with Gasteiger partial charge in [0.05, 0.1) is 7.11 Å². The summed E-state index contributed by atoms with van der Waals surface area (Å²) in [6.07, 6.45) is 4.47. The Morgan fingerprint density at radius 3 is 2.56 bits per heavy atom. The molecule has 0 spiro atoms. The summed E-state index contributed by atoms with van der Waals surface area (Å²) in [7, 11) is 1.37. The molecule has 1 aromatic carbocycles. The van der Waals surface area contributed by atoms with Gasteiger partial charge in [-0.3, -0.25) is 4.79 Å². The lowest BCUT2D eigenvalue weighted by molar-refractivity contribution is -0.148. The first-order chi connectivity index (χ1) is 8.54. The van der Waals surface area contributed by atoms with Crippen LogP contribution in [0.3, 0.4) is 0 Å². The number of ether oxygens (including phenoxy) is 1. The minimum absolute atomic E-state index is 0.0878.